The zero-order valence-corrected chi connectivity index (χ0v) is 20.4. The van der Waals surface area contributed by atoms with Crippen LogP contribution in [-0.2, 0) is 4.79 Å². The van der Waals surface area contributed by atoms with Crippen LogP contribution in [0.15, 0.2) is 40.3 Å². The van der Waals surface area contributed by atoms with Gasteiger partial charge in [-0.1, -0.05) is 31.9 Å². The van der Waals surface area contributed by atoms with Crippen LogP contribution in [0, 0.1) is 36.0 Å². The molecule has 5 aliphatic rings. The van der Waals surface area contributed by atoms with Crippen LogP contribution in [0.2, 0.25) is 0 Å². The minimum atomic E-state index is 0.132. The van der Waals surface area contributed by atoms with Crippen molar-refractivity contribution in [1.82, 2.24) is 9.80 Å². The molecule has 33 heavy (non-hydrogen) atoms. The van der Waals surface area contributed by atoms with Crippen molar-refractivity contribution >= 4 is 11.6 Å². The SMILES string of the molecule is C#CC1CCN(C(=O)C2CCCC(C3=C4CCC(CC)CCC4=NC4=CC=CC(C)N43)C2)C1. The molecule has 4 heteroatoms. The third-order valence-electron chi connectivity index (χ3n) is 8.77. The van der Waals surface area contributed by atoms with Gasteiger partial charge in [0.05, 0.1) is 6.04 Å². The number of amides is 1. The Morgan fingerprint density at radius 3 is 2.85 bits per heavy atom. The number of hydrogen-bond donors (Lipinski definition) is 0. The molecule has 0 N–H and O–H groups in total. The summed E-state index contributed by atoms with van der Waals surface area (Å²) in [6.07, 6.45) is 23.5. The van der Waals surface area contributed by atoms with E-state index in [1.54, 1.807) is 0 Å². The van der Waals surface area contributed by atoms with Gasteiger partial charge in [-0.15, -0.1) is 12.3 Å². The van der Waals surface area contributed by atoms with Gasteiger partial charge in [-0.05, 0) is 75.9 Å². The molecule has 1 saturated heterocycles. The van der Waals surface area contributed by atoms with Crippen LogP contribution in [0.3, 0.4) is 0 Å². The lowest BCUT2D eigenvalue weighted by molar-refractivity contribution is -0.136. The lowest BCUT2D eigenvalue weighted by atomic mass is 9.76. The quantitative estimate of drug-likeness (QED) is 0.524. The van der Waals surface area contributed by atoms with E-state index in [2.05, 4.69) is 47.8 Å². The van der Waals surface area contributed by atoms with Crippen LogP contribution in [0.4, 0.5) is 0 Å². The average Bonchev–Trinajstić information content (AvgIpc) is 3.23. The van der Waals surface area contributed by atoms with Crippen LogP contribution in [-0.4, -0.2) is 40.6 Å². The predicted octanol–water partition coefficient (Wildman–Crippen LogP) is 5.69. The van der Waals surface area contributed by atoms with Gasteiger partial charge in [0.1, 0.15) is 5.82 Å². The van der Waals surface area contributed by atoms with Gasteiger partial charge in [-0.3, -0.25) is 4.79 Å². The van der Waals surface area contributed by atoms with E-state index in [9.17, 15) is 4.79 Å². The smallest absolute Gasteiger partial charge is 0.225 e. The molecule has 2 saturated carbocycles. The summed E-state index contributed by atoms with van der Waals surface area (Å²) in [7, 11) is 0. The number of terminal acetylenes is 1. The van der Waals surface area contributed by atoms with Gasteiger partial charge in [-0.2, -0.15) is 0 Å². The molecule has 0 radical (unpaired) electrons. The molecule has 3 fully saturated rings. The Balaban J connectivity index is 1.44. The van der Waals surface area contributed by atoms with Crippen LogP contribution in [0.5, 0.6) is 0 Å². The minimum Gasteiger partial charge on any atom is -0.341 e. The van der Waals surface area contributed by atoms with E-state index in [-0.39, 0.29) is 11.8 Å². The third kappa shape index (κ3) is 4.32. The van der Waals surface area contributed by atoms with E-state index in [1.165, 1.54) is 42.7 Å². The molecule has 0 aromatic heterocycles. The van der Waals surface area contributed by atoms with Crippen molar-refractivity contribution in [2.45, 2.75) is 84.1 Å². The minimum absolute atomic E-state index is 0.132. The average molecular weight is 446 g/mol. The summed E-state index contributed by atoms with van der Waals surface area (Å²) in [6.45, 7) is 6.19. The highest BCUT2D eigenvalue weighted by Crippen LogP contribution is 2.45. The number of allylic oxidation sites excluding steroid dienone is 4. The van der Waals surface area contributed by atoms with Crippen molar-refractivity contribution < 1.29 is 4.79 Å². The molecule has 1 amide bonds. The molecule has 4 nitrogen and oxygen atoms in total. The maximum absolute atomic E-state index is 13.4. The maximum Gasteiger partial charge on any atom is 0.225 e. The summed E-state index contributed by atoms with van der Waals surface area (Å²) in [5.74, 6) is 5.93. The summed E-state index contributed by atoms with van der Waals surface area (Å²) < 4.78 is 0. The molecule has 5 rings (SSSR count). The van der Waals surface area contributed by atoms with Crippen molar-refractivity contribution in [3.63, 3.8) is 0 Å². The fourth-order valence-electron chi connectivity index (χ4n) is 6.79. The molecular weight excluding hydrogens is 406 g/mol. The number of rotatable bonds is 3. The highest BCUT2D eigenvalue weighted by molar-refractivity contribution is 6.02. The highest BCUT2D eigenvalue weighted by atomic mass is 16.2. The molecule has 3 heterocycles. The number of carbonyl (C=O) groups is 1. The van der Waals surface area contributed by atoms with Crippen LogP contribution >= 0.6 is 0 Å². The Hall–Kier alpha value is -2.28. The van der Waals surface area contributed by atoms with Gasteiger partial charge in [0.15, 0.2) is 0 Å². The number of hydrogen-bond acceptors (Lipinski definition) is 3. The largest absolute Gasteiger partial charge is 0.341 e. The van der Waals surface area contributed by atoms with Crippen molar-refractivity contribution in [3.8, 4) is 12.3 Å². The number of fused-ring (bicyclic) bond motifs is 2. The van der Waals surface area contributed by atoms with Crippen molar-refractivity contribution in [2.75, 3.05) is 13.1 Å². The second-order valence-electron chi connectivity index (χ2n) is 10.8. The summed E-state index contributed by atoms with van der Waals surface area (Å²) in [5, 5.41) is 0. The van der Waals surface area contributed by atoms with Gasteiger partial charge >= 0.3 is 0 Å². The second-order valence-corrected chi connectivity index (χ2v) is 10.8. The first-order valence-electron chi connectivity index (χ1n) is 13.3. The van der Waals surface area contributed by atoms with E-state index in [4.69, 9.17) is 11.4 Å². The fourth-order valence-corrected chi connectivity index (χ4v) is 6.79. The molecule has 3 aliphatic heterocycles. The number of carbonyl (C=O) groups excluding carboxylic acids is 1. The van der Waals surface area contributed by atoms with E-state index in [1.807, 2.05) is 0 Å². The van der Waals surface area contributed by atoms with Crippen molar-refractivity contribution in [1.29, 1.82) is 0 Å². The Labute approximate surface area is 199 Å². The standard InChI is InChI=1S/C29H39N3O/c1-4-21-12-14-25-26(15-13-21)30-27-11-6-8-20(3)32(27)28(25)23-9-7-10-24(18-23)29(33)31-17-16-22(5-2)19-31/h2,6,8,11,20-24H,4,7,9-10,12-19H2,1,3H3. The van der Waals surface area contributed by atoms with E-state index >= 15 is 0 Å². The van der Waals surface area contributed by atoms with Crippen LogP contribution in [0.1, 0.15) is 78.1 Å². The Morgan fingerprint density at radius 2 is 2.06 bits per heavy atom. The molecule has 2 aliphatic carbocycles. The molecule has 0 bridgehead atoms. The van der Waals surface area contributed by atoms with E-state index in [0.29, 0.717) is 17.9 Å². The summed E-state index contributed by atoms with van der Waals surface area (Å²) in [4.78, 5) is 23.2. The lowest BCUT2D eigenvalue weighted by Crippen LogP contribution is -2.42. The monoisotopic (exact) mass is 445 g/mol. The first kappa shape index (κ1) is 22.5. The topological polar surface area (TPSA) is 35.9 Å². The molecule has 0 aromatic carbocycles. The van der Waals surface area contributed by atoms with Gasteiger partial charge in [0, 0.05) is 42.3 Å². The summed E-state index contributed by atoms with van der Waals surface area (Å²) in [5.41, 5.74) is 4.34. The van der Waals surface area contributed by atoms with Crippen LogP contribution < -0.4 is 0 Å². The number of nitrogens with zero attached hydrogens (tertiary/aromatic N) is 3. The molecule has 0 aromatic rings. The normalized spacial score (nSPS) is 34.2. The van der Waals surface area contributed by atoms with Crippen molar-refractivity contribution in [3.05, 3.63) is 35.3 Å². The number of aliphatic imine (C=N–C) groups is 1. The zero-order chi connectivity index (χ0) is 22.9. The van der Waals surface area contributed by atoms with E-state index in [0.717, 1.165) is 63.4 Å². The fraction of sp³-hybridized carbons (Fsp3) is 0.655. The highest BCUT2D eigenvalue weighted by Gasteiger charge is 2.40. The molecule has 176 valence electrons. The zero-order valence-electron chi connectivity index (χ0n) is 20.4. The summed E-state index contributed by atoms with van der Waals surface area (Å²) in [6, 6.07) is 0.314. The number of likely N-dealkylation sites (tertiary alicyclic amines) is 1. The lowest BCUT2D eigenvalue weighted by Gasteiger charge is -2.44. The maximum atomic E-state index is 13.4. The second kappa shape index (κ2) is 9.53. The van der Waals surface area contributed by atoms with Gasteiger partial charge in [-0.25, -0.2) is 4.99 Å². The van der Waals surface area contributed by atoms with Crippen molar-refractivity contribution in [2.24, 2.45) is 28.7 Å². The first-order chi connectivity index (χ1) is 16.1. The molecule has 5 atom stereocenters. The molecule has 0 spiro atoms. The molecular formula is C29H39N3O. The van der Waals surface area contributed by atoms with Gasteiger partial charge < -0.3 is 9.80 Å². The third-order valence-corrected chi connectivity index (χ3v) is 8.77. The van der Waals surface area contributed by atoms with Gasteiger partial charge in [0.25, 0.3) is 0 Å². The Bertz CT molecular complexity index is 948. The first-order valence-corrected chi connectivity index (χ1v) is 13.3. The molecule has 5 unspecified atom stereocenters. The van der Waals surface area contributed by atoms with Gasteiger partial charge in [0.2, 0.25) is 5.91 Å². The van der Waals surface area contributed by atoms with E-state index < -0.39 is 0 Å². The Morgan fingerprint density at radius 1 is 1.21 bits per heavy atom. The van der Waals surface area contributed by atoms with Crippen LogP contribution in [0.25, 0.3) is 0 Å². The summed E-state index contributed by atoms with van der Waals surface area (Å²) >= 11 is 0. The predicted molar refractivity (Wildman–Crippen MR) is 134 cm³/mol. The Kier molecular flexibility index (Phi) is 6.50.